The smallest absolute Gasteiger partial charge is 0.395 e. The Balaban J connectivity index is 3.26. The molecule has 0 bridgehead atoms. The van der Waals surface area contributed by atoms with E-state index < -0.39 is 42.6 Å². The van der Waals surface area contributed by atoms with Gasteiger partial charge in [-0.1, -0.05) is 6.07 Å². The number of rotatable bonds is 6. The van der Waals surface area contributed by atoms with Crippen molar-refractivity contribution >= 4 is 11.4 Å². The van der Waals surface area contributed by atoms with Crippen molar-refractivity contribution in [1.29, 1.82) is 0 Å². The van der Waals surface area contributed by atoms with Crippen LogP contribution in [0.15, 0.2) is 18.2 Å². The van der Waals surface area contributed by atoms with Crippen LogP contribution in [0.5, 0.6) is 0 Å². The quantitative estimate of drug-likeness (QED) is 0.620. The molecule has 1 aromatic rings. The number of anilines is 1. The van der Waals surface area contributed by atoms with Gasteiger partial charge in [-0.15, -0.1) is 0 Å². The van der Waals surface area contributed by atoms with Crippen LogP contribution in [-0.2, 0) is 0 Å². The maximum atomic E-state index is 12.5. The van der Waals surface area contributed by atoms with Crippen molar-refractivity contribution in [3.63, 3.8) is 0 Å². The Morgan fingerprint density at radius 2 is 2.05 bits per heavy atom. The van der Waals surface area contributed by atoms with Gasteiger partial charge in [0.2, 0.25) is 0 Å². The number of hydrogen-bond acceptors (Lipinski definition) is 5. The van der Waals surface area contributed by atoms with E-state index in [9.17, 15) is 28.4 Å². The van der Waals surface area contributed by atoms with Crippen molar-refractivity contribution in [2.24, 2.45) is 0 Å². The number of halogens is 3. The summed E-state index contributed by atoms with van der Waals surface area (Å²) in [6.07, 6.45) is -5.54. The lowest BCUT2D eigenvalue weighted by atomic mass is 10.1. The van der Waals surface area contributed by atoms with Crippen molar-refractivity contribution in [2.75, 3.05) is 24.6 Å². The summed E-state index contributed by atoms with van der Waals surface area (Å²) in [7, 11) is 0. The average Bonchev–Trinajstić information content (AvgIpc) is 2.35. The van der Waals surface area contributed by atoms with Crippen LogP contribution in [0.4, 0.5) is 24.5 Å². The van der Waals surface area contributed by atoms with Gasteiger partial charge < -0.3 is 15.1 Å². The lowest BCUT2D eigenvalue weighted by Gasteiger charge is -2.25. The summed E-state index contributed by atoms with van der Waals surface area (Å²) >= 11 is 0. The Morgan fingerprint density at radius 3 is 2.48 bits per heavy atom. The lowest BCUT2D eigenvalue weighted by molar-refractivity contribution is -0.384. The number of nitro groups is 1. The summed E-state index contributed by atoms with van der Waals surface area (Å²) in [4.78, 5) is 10.9. The van der Waals surface area contributed by atoms with Crippen molar-refractivity contribution in [3.05, 3.63) is 33.9 Å². The topological polar surface area (TPSA) is 86.8 Å². The Hall–Kier alpha value is -1.87. The molecule has 0 saturated carbocycles. The second-order valence-corrected chi connectivity index (χ2v) is 4.44. The molecule has 9 heteroatoms. The molecule has 0 aliphatic heterocycles. The third-order valence-corrected chi connectivity index (χ3v) is 2.76. The normalized spacial score (nSPS) is 13.0. The first kappa shape index (κ1) is 17.2. The van der Waals surface area contributed by atoms with Gasteiger partial charge in [0.05, 0.1) is 17.6 Å². The number of alkyl halides is 3. The van der Waals surface area contributed by atoms with Gasteiger partial charge in [0.25, 0.3) is 5.69 Å². The molecule has 0 radical (unpaired) electrons. The molecule has 0 aliphatic rings. The van der Waals surface area contributed by atoms with Crippen molar-refractivity contribution in [3.8, 4) is 0 Å². The van der Waals surface area contributed by atoms with E-state index >= 15 is 0 Å². The molecule has 6 nitrogen and oxygen atoms in total. The first-order chi connectivity index (χ1) is 9.65. The summed E-state index contributed by atoms with van der Waals surface area (Å²) in [6.45, 7) is -0.998. The van der Waals surface area contributed by atoms with Crippen LogP contribution in [0, 0.1) is 10.1 Å². The minimum Gasteiger partial charge on any atom is -0.395 e. The molecular weight excluding hydrogens is 293 g/mol. The molecule has 21 heavy (non-hydrogen) atoms. The van der Waals surface area contributed by atoms with Gasteiger partial charge >= 0.3 is 6.18 Å². The highest BCUT2D eigenvalue weighted by Crippen LogP contribution is 2.32. The second kappa shape index (κ2) is 6.72. The van der Waals surface area contributed by atoms with Crippen LogP contribution < -0.4 is 4.90 Å². The van der Waals surface area contributed by atoms with Gasteiger partial charge in [-0.05, 0) is 18.6 Å². The molecule has 1 aromatic carbocycles. The summed E-state index contributed by atoms with van der Waals surface area (Å²) in [5, 5.41) is 29.3. The highest BCUT2D eigenvalue weighted by molar-refractivity contribution is 5.64. The van der Waals surface area contributed by atoms with Gasteiger partial charge in [0.1, 0.15) is 12.2 Å². The highest BCUT2D eigenvalue weighted by Gasteiger charge is 2.33. The lowest BCUT2D eigenvalue weighted by Crippen LogP contribution is -2.36. The van der Waals surface area contributed by atoms with Crippen LogP contribution in [0.3, 0.4) is 0 Å². The molecule has 0 amide bonds. The van der Waals surface area contributed by atoms with E-state index in [1.165, 1.54) is 13.0 Å². The molecular formula is C12H15F3N2O4. The van der Waals surface area contributed by atoms with E-state index in [0.717, 1.165) is 12.1 Å². The molecule has 0 heterocycles. The Kier molecular flexibility index (Phi) is 5.50. The number of nitro benzene ring substituents is 1. The fourth-order valence-corrected chi connectivity index (χ4v) is 1.84. The van der Waals surface area contributed by atoms with E-state index in [4.69, 9.17) is 5.11 Å². The van der Waals surface area contributed by atoms with Crippen LogP contribution in [0.25, 0.3) is 0 Å². The molecule has 0 saturated heterocycles. The summed E-state index contributed by atoms with van der Waals surface area (Å²) < 4.78 is 37.6. The number of benzene rings is 1. The fourth-order valence-electron chi connectivity index (χ4n) is 1.84. The molecule has 0 unspecified atom stereocenters. The summed E-state index contributed by atoms with van der Waals surface area (Å²) in [5.74, 6) is 0. The average molecular weight is 308 g/mol. The molecule has 2 N–H and O–H groups in total. The SMILES string of the molecule is C[C@@H](O)c1ccc(N(CCO)CC(F)(F)F)c([N+](=O)[O-])c1. The number of hydrogen-bond donors (Lipinski definition) is 2. The third-order valence-electron chi connectivity index (χ3n) is 2.76. The zero-order chi connectivity index (χ0) is 16.2. The van der Waals surface area contributed by atoms with E-state index in [0.29, 0.717) is 4.90 Å². The van der Waals surface area contributed by atoms with Crippen molar-refractivity contribution < 1.29 is 28.3 Å². The third kappa shape index (κ3) is 4.87. The molecule has 0 spiro atoms. The van der Waals surface area contributed by atoms with E-state index in [1.54, 1.807) is 0 Å². The fraction of sp³-hybridized carbons (Fsp3) is 0.500. The minimum absolute atomic E-state index is 0.224. The van der Waals surface area contributed by atoms with Crippen LogP contribution in [0.2, 0.25) is 0 Å². The molecule has 118 valence electrons. The maximum Gasteiger partial charge on any atom is 0.405 e. The standard InChI is InChI=1S/C12H15F3N2O4/c1-8(19)9-2-3-10(11(6-9)17(20)21)16(4-5-18)7-12(13,14)15/h2-3,6,8,18-19H,4-5,7H2,1H3/t8-/m1/s1. The molecule has 0 aromatic heterocycles. The number of aliphatic hydroxyl groups is 2. The molecule has 0 aliphatic carbocycles. The van der Waals surface area contributed by atoms with Gasteiger partial charge in [-0.3, -0.25) is 10.1 Å². The second-order valence-electron chi connectivity index (χ2n) is 4.44. The van der Waals surface area contributed by atoms with Gasteiger partial charge in [-0.2, -0.15) is 13.2 Å². The zero-order valence-electron chi connectivity index (χ0n) is 11.2. The van der Waals surface area contributed by atoms with E-state index in [2.05, 4.69) is 0 Å². The van der Waals surface area contributed by atoms with Gasteiger partial charge in [0, 0.05) is 12.6 Å². The molecule has 1 atom stereocenters. The predicted octanol–water partition coefficient (Wildman–Crippen LogP) is 2.01. The predicted molar refractivity (Wildman–Crippen MR) is 69.1 cm³/mol. The monoisotopic (exact) mass is 308 g/mol. The van der Waals surface area contributed by atoms with E-state index in [-0.39, 0.29) is 11.3 Å². The minimum atomic E-state index is -4.56. The largest absolute Gasteiger partial charge is 0.405 e. The maximum absolute atomic E-state index is 12.5. The van der Waals surface area contributed by atoms with Crippen molar-refractivity contribution in [2.45, 2.75) is 19.2 Å². The van der Waals surface area contributed by atoms with Crippen LogP contribution in [-0.4, -0.2) is 41.0 Å². The zero-order valence-corrected chi connectivity index (χ0v) is 11.2. The van der Waals surface area contributed by atoms with E-state index in [1.807, 2.05) is 0 Å². The van der Waals surface area contributed by atoms with Crippen LogP contribution >= 0.6 is 0 Å². The number of aliphatic hydroxyl groups excluding tert-OH is 2. The highest BCUT2D eigenvalue weighted by atomic mass is 19.4. The van der Waals surface area contributed by atoms with Gasteiger partial charge in [0.15, 0.2) is 0 Å². The van der Waals surface area contributed by atoms with Gasteiger partial charge in [-0.25, -0.2) is 0 Å². The summed E-state index contributed by atoms with van der Waals surface area (Å²) in [5.41, 5.74) is -0.580. The van der Waals surface area contributed by atoms with Crippen molar-refractivity contribution in [1.82, 2.24) is 0 Å². The Bertz CT molecular complexity index is 506. The Morgan fingerprint density at radius 1 is 1.43 bits per heavy atom. The summed E-state index contributed by atoms with van der Waals surface area (Å²) in [6, 6.07) is 3.48. The van der Waals surface area contributed by atoms with Crippen LogP contribution in [0.1, 0.15) is 18.6 Å². The molecule has 0 fully saturated rings. The first-order valence-electron chi connectivity index (χ1n) is 6.04. The number of nitrogens with zero attached hydrogens (tertiary/aromatic N) is 2. The first-order valence-corrected chi connectivity index (χ1v) is 6.04. The Labute approximate surface area is 118 Å². The molecule has 1 rings (SSSR count).